The molecule has 2 aromatic carbocycles. The number of hydrogen-bond donors (Lipinski definition) is 3. The van der Waals surface area contributed by atoms with Crippen molar-refractivity contribution in [1.29, 1.82) is 0 Å². The van der Waals surface area contributed by atoms with Crippen LogP contribution in [0.25, 0.3) is 0 Å². The van der Waals surface area contributed by atoms with Crippen LogP contribution in [0.5, 0.6) is 0 Å². The number of aromatic carboxylic acids is 1. The molecule has 2 atom stereocenters. The highest BCUT2D eigenvalue weighted by Crippen LogP contribution is 2.39. The Morgan fingerprint density at radius 1 is 1.03 bits per heavy atom. The third-order valence-corrected chi connectivity index (χ3v) is 7.64. The summed E-state index contributed by atoms with van der Waals surface area (Å²) in [5.41, 5.74) is 5.08. The number of carboxylic acid groups (broad SMARTS) is 1. The van der Waals surface area contributed by atoms with Gasteiger partial charge in [0, 0.05) is 23.9 Å². The molecule has 1 aromatic heterocycles. The number of fused-ring (bicyclic) bond motifs is 1. The summed E-state index contributed by atoms with van der Waals surface area (Å²) in [5.74, 6) is -1.17. The lowest BCUT2D eigenvalue weighted by Gasteiger charge is -2.24. The molecule has 3 N–H and O–H groups in total. The lowest BCUT2D eigenvalue weighted by Crippen LogP contribution is -2.29. The number of carbonyl (C=O) groups is 2. The van der Waals surface area contributed by atoms with Gasteiger partial charge < -0.3 is 20.5 Å². The number of aryl methyl sites for hydroxylation is 1. The molecule has 0 radical (unpaired) electrons. The summed E-state index contributed by atoms with van der Waals surface area (Å²) in [6.45, 7) is 1.50. The minimum absolute atomic E-state index is 0.136. The maximum absolute atomic E-state index is 12.9. The number of amides is 1. The molecule has 1 aliphatic carbocycles. The minimum atomic E-state index is -1.00. The van der Waals surface area contributed by atoms with Crippen LogP contribution >= 0.6 is 11.3 Å². The number of anilines is 2. The number of nitrogens with one attached hydrogen (secondary N) is 2. The van der Waals surface area contributed by atoms with E-state index in [1.165, 1.54) is 22.5 Å². The standard InChI is InChI=1S/C27H28N2O4S/c30-25(18-9-11-21(12-10-18)28-22-6-3-13-33-15-22)29-26-24(27(31)32)23(16-34-26)20-8-7-17-4-1-2-5-19(17)14-20/h1-2,4-5,9-12,16,20,22,28H,3,6-8,13-15H2,(H,29,30)(H,31,32). The van der Waals surface area contributed by atoms with E-state index in [1.807, 2.05) is 29.6 Å². The van der Waals surface area contributed by atoms with Gasteiger partial charge in [-0.05, 0) is 84.4 Å². The zero-order chi connectivity index (χ0) is 23.5. The highest BCUT2D eigenvalue weighted by molar-refractivity contribution is 7.15. The molecule has 6 nitrogen and oxygen atoms in total. The van der Waals surface area contributed by atoms with E-state index in [2.05, 4.69) is 22.8 Å². The quantitative estimate of drug-likeness (QED) is 0.433. The summed E-state index contributed by atoms with van der Waals surface area (Å²) >= 11 is 1.29. The van der Waals surface area contributed by atoms with Gasteiger partial charge in [-0.25, -0.2) is 4.79 Å². The van der Waals surface area contributed by atoms with E-state index in [1.54, 1.807) is 12.1 Å². The molecule has 1 aliphatic heterocycles. The van der Waals surface area contributed by atoms with Gasteiger partial charge in [-0.3, -0.25) is 4.79 Å². The molecule has 3 aromatic rings. The Balaban J connectivity index is 1.29. The number of carboxylic acids is 1. The Bertz CT molecular complexity index is 1180. The minimum Gasteiger partial charge on any atom is -0.478 e. The highest BCUT2D eigenvalue weighted by atomic mass is 32.1. The van der Waals surface area contributed by atoms with E-state index in [-0.39, 0.29) is 23.4 Å². The van der Waals surface area contributed by atoms with Crippen molar-refractivity contribution in [1.82, 2.24) is 0 Å². The zero-order valence-electron chi connectivity index (χ0n) is 18.9. The molecule has 7 heteroatoms. The van der Waals surface area contributed by atoms with Gasteiger partial charge >= 0.3 is 5.97 Å². The number of rotatable bonds is 6. The number of thiophene rings is 1. The molecule has 1 saturated heterocycles. The second-order valence-electron chi connectivity index (χ2n) is 9.00. The average molecular weight is 477 g/mol. The number of ether oxygens (including phenoxy) is 1. The SMILES string of the molecule is O=C(Nc1scc(C2CCc3ccccc3C2)c1C(=O)O)c1ccc(NC2CCCOC2)cc1. The first-order chi connectivity index (χ1) is 16.6. The number of hydrogen-bond acceptors (Lipinski definition) is 5. The summed E-state index contributed by atoms with van der Waals surface area (Å²) in [6.07, 6.45) is 4.77. The zero-order valence-corrected chi connectivity index (χ0v) is 19.7. The van der Waals surface area contributed by atoms with Crippen LogP contribution in [0.4, 0.5) is 10.7 Å². The number of carbonyl (C=O) groups excluding carboxylic acids is 1. The summed E-state index contributed by atoms with van der Waals surface area (Å²) in [6, 6.07) is 15.9. The Hall–Kier alpha value is -3.16. The summed E-state index contributed by atoms with van der Waals surface area (Å²) in [5, 5.41) is 18.6. The van der Waals surface area contributed by atoms with Crippen molar-refractivity contribution in [2.24, 2.45) is 0 Å². The molecule has 5 rings (SSSR count). The van der Waals surface area contributed by atoms with Gasteiger partial charge in [-0.15, -0.1) is 11.3 Å². The van der Waals surface area contributed by atoms with Crippen molar-refractivity contribution in [3.8, 4) is 0 Å². The predicted octanol–water partition coefficient (Wildman–Crippen LogP) is 5.56. The Labute approximate surface area is 203 Å². The molecule has 1 amide bonds. The Morgan fingerprint density at radius 3 is 2.56 bits per heavy atom. The average Bonchev–Trinajstić information content (AvgIpc) is 3.28. The van der Waals surface area contributed by atoms with Crippen LogP contribution in [-0.4, -0.2) is 36.2 Å². The largest absolute Gasteiger partial charge is 0.478 e. The van der Waals surface area contributed by atoms with E-state index in [0.29, 0.717) is 17.2 Å². The Kier molecular flexibility index (Phi) is 6.65. The number of benzene rings is 2. The van der Waals surface area contributed by atoms with Gasteiger partial charge in [0.15, 0.2) is 0 Å². The Morgan fingerprint density at radius 2 is 1.82 bits per heavy atom. The van der Waals surface area contributed by atoms with Crippen molar-refractivity contribution in [3.05, 3.63) is 81.7 Å². The third-order valence-electron chi connectivity index (χ3n) is 6.73. The lowest BCUT2D eigenvalue weighted by atomic mass is 9.80. The summed E-state index contributed by atoms with van der Waals surface area (Å²) in [7, 11) is 0. The van der Waals surface area contributed by atoms with E-state index >= 15 is 0 Å². The normalized spacial score (nSPS) is 19.8. The monoisotopic (exact) mass is 476 g/mol. The van der Waals surface area contributed by atoms with Crippen LogP contribution in [0.3, 0.4) is 0 Å². The van der Waals surface area contributed by atoms with Crippen LogP contribution in [0.2, 0.25) is 0 Å². The molecular weight excluding hydrogens is 448 g/mol. The van der Waals surface area contributed by atoms with Crippen LogP contribution in [0.15, 0.2) is 53.9 Å². The smallest absolute Gasteiger partial charge is 0.339 e. The summed E-state index contributed by atoms with van der Waals surface area (Å²) < 4.78 is 5.50. The topological polar surface area (TPSA) is 87.7 Å². The van der Waals surface area contributed by atoms with Crippen molar-refractivity contribution in [2.45, 2.75) is 44.1 Å². The van der Waals surface area contributed by atoms with Crippen LogP contribution < -0.4 is 10.6 Å². The first-order valence-corrected chi connectivity index (χ1v) is 12.6. The second kappa shape index (κ2) is 9.99. The molecule has 2 unspecified atom stereocenters. The van der Waals surface area contributed by atoms with E-state index in [9.17, 15) is 14.7 Å². The van der Waals surface area contributed by atoms with Gasteiger partial charge in [-0.1, -0.05) is 24.3 Å². The third kappa shape index (κ3) is 4.86. The molecule has 2 heterocycles. The van der Waals surface area contributed by atoms with Gasteiger partial charge in [0.05, 0.1) is 12.2 Å². The fourth-order valence-corrected chi connectivity index (χ4v) is 5.96. The first kappa shape index (κ1) is 22.6. The molecule has 0 spiro atoms. The van der Waals surface area contributed by atoms with E-state index < -0.39 is 5.97 Å². The first-order valence-electron chi connectivity index (χ1n) is 11.8. The van der Waals surface area contributed by atoms with E-state index in [4.69, 9.17) is 4.74 Å². The second-order valence-corrected chi connectivity index (χ2v) is 9.88. The molecule has 0 bridgehead atoms. The van der Waals surface area contributed by atoms with Crippen molar-refractivity contribution >= 4 is 33.9 Å². The fourth-order valence-electron chi connectivity index (χ4n) is 4.93. The molecule has 2 aliphatic rings. The summed E-state index contributed by atoms with van der Waals surface area (Å²) in [4.78, 5) is 25.1. The lowest BCUT2D eigenvalue weighted by molar-refractivity contribution is 0.0696. The van der Waals surface area contributed by atoms with Crippen LogP contribution in [0.1, 0.15) is 62.6 Å². The van der Waals surface area contributed by atoms with Crippen molar-refractivity contribution in [3.63, 3.8) is 0 Å². The molecule has 1 fully saturated rings. The van der Waals surface area contributed by atoms with Gasteiger partial charge in [0.1, 0.15) is 5.00 Å². The van der Waals surface area contributed by atoms with E-state index in [0.717, 1.165) is 50.0 Å². The van der Waals surface area contributed by atoms with Gasteiger partial charge in [-0.2, -0.15) is 0 Å². The molecular formula is C27H28N2O4S. The van der Waals surface area contributed by atoms with Gasteiger partial charge in [0.25, 0.3) is 5.91 Å². The van der Waals surface area contributed by atoms with Gasteiger partial charge in [0.2, 0.25) is 0 Å². The molecule has 34 heavy (non-hydrogen) atoms. The van der Waals surface area contributed by atoms with Crippen molar-refractivity contribution in [2.75, 3.05) is 23.8 Å². The van der Waals surface area contributed by atoms with Crippen molar-refractivity contribution < 1.29 is 19.4 Å². The molecule has 176 valence electrons. The highest BCUT2D eigenvalue weighted by Gasteiger charge is 2.28. The fraction of sp³-hybridized carbons (Fsp3) is 0.333. The maximum Gasteiger partial charge on any atom is 0.339 e. The molecule has 0 saturated carbocycles. The van der Waals surface area contributed by atoms with Crippen LogP contribution in [-0.2, 0) is 17.6 Å². The predicted molar refractivity (Wildman–Crippen MR) is 134 cm³/mol. The maximum atomic E-state index is 12.9. The van der Waals surface area contributed by atoms with Crippen LogP contribution in [0, 0.1) is 0 Å².